The smallest absolute Gasteiger partial charge is 0.408 e. The van der Waals surface area contributed by atoms with Gasteiger partial charge in [-0.15, -0.1) is 0 Å². The van der Waals surface area contributed by atoms with Crippen molar-refractivity contribution in [3.05, 3.63) is 64.9 Å². The highest BCUT2D eigenvalue weighted by Crippen LogP contribution is 2.57. The van der Waals surface area contributed by atoms with Gasteiger partial charge in [-0.25, -0.2) is 17.6 Å². The molecule has 3 atom stereocenters. The van der Waals surface area contributed by atoms with Crippen LogP contribution in [0.2, 0.25) is 5.02 Å². The second-order valence-corrected chi connectivity index (χ2v) is 10.8. The van der Waals surface area contributed by atoms with Crippen molar-refractivity contribution < 1.29 is 22.3 Å². The Morgan fingerprint density at radius 1 is 1.23 bits per heavy atom. The number of rotatable bonds is 5. The Labute approximate surface area is 180 Å². The molecule has 0 aliphatic heterocycles. The third kappa shape index (κ3) is 4.31. The molecule has 1 amide bonds. The van der Waals surface area contributed by atoms with Crippen LogP contribution in [0.4, 0.5) is 9.18 Å². The van der Waals surface area contributed by atoms with Crippen molar-refractivity contribution in [3.63, 3.8) is 0 Å². The highest BCUT2D eigenvalue weighted by molar-refractivity contribution is 7.92. The molecule has 6 nitrogen and oxygen atoms in total. The fourth-order valence-corrected chi connectivity index (χ4v) is 6.21. The summed E-state index contributed by atoms with van der Waals surface area (Å²) < 4.78 is 46.1. The van der Waals surface area contributed by atoms with Crippen LogP contribution in [0.5, 0.6) is 0 Å². The third-order valence-corrected chi connectivity index (χ3v) is 7.55. The van der Waals surface area contributed by atoms with E-state index in [2.05, 4.69) is 5.32 Å². The molecule has 0 saturated heterocycles. The fraction of sp³-hybridized carbons (Fsp3) is 0.381. The number of nitrogens with two attached hydrogens (primary N) is 1. The van der Waals surface area contributed by atoms with E-state index in [0.29, 0.717) is 10.6 Å². The van der Waals surface area contributed by atoms with E-state index in [1.807, 2.05) is 0 Å². The first kappa shape index (κ1) is 22.5. The largest absolute Gasteiger partial charge is 0.444 e. The van der Waals surface area contributed by atoms with Gasteiger partial charge in [-0.1, -0.05) is 23.7 Å². The molecule has 9 heteroatoms. The Morgan fingerprint density at radius 2 is 1.87 bits per heavy atom. The third-order valence-electron chi connectivity index (χ3n) is 5.01. The van der Waals surface area contributed by atoms with E-state index in [1.54, 1.807) is 26.8 Å². The van der Waals surface area contributed by atoms with Gasteiger partial charge in [0.25, 0.3) is 0 Å². The molecule has 2 aromatic rings. The van der Waals surface area contributed by atoms with Gasteiger partial charge in [0, 0.05) is 17.5 Å². The van der Waals surface area contributed by atoms with Gasteiger partial charge >= 0.3 is 6.09 Å². The molecule has 1 saturated carbocycles. The van der Waals surface area contributed by atoms with E-state index in [4.69, 9.17) is 22.1 Å². The number of nitrogens with one attached hydrogen (secondary N) is 1. The molecular formula is C21H24ClFN2O4S. The quantitative estimate of drug-likeness (QED) is 0.718. The summed E-state index contributed by atoms with van der Waals surface area (Å²) >= 11 is 5.88. The van der Waals surface area contributed by atoms with Gasteiger partial charge in [0.15, 0.2) is 9.84 Å². The van der Waals surface area contributed by atoms with Crippen molar-refractivity contribution >= 4 is 27.5 Å². The zero-order valence-corrected chi connectivity index (χ0v) is 18.4. The lowest BCUT2D eigenvalue weighted by Gasteiger charge is -2.24. The molecule has 0 bridgehead atoms. The van der Waals surface area contributed by atoms with Gasteiger partial charge in [0.05, 0.1) is 10.4 Å². The first-order valence-corrected chi connectivity index (χ1v) is 11.3. The number of hydrogen-bond donors (Lipinski definition) is 2. The summed E-state index contributed by atoms with van der Waals surface area (Å²) in [6.07, 6.45) is -0.789. The highest BCUT2D eigenvalue weighted by atomic mass is 35.5. The Hall–Kier alpha value is -2.16. The molecule has 2 aromatic carbocycles. The van der Waals surface area contributed by atoms with Crippen molar-refractivity contribution in [2.75, 3.05) is 6.54 Å². The van der Waals surface area contributed by atoms with E-state index in [1.165, 1.54) is 42.5 Å². The standard InChI is InChI=1S/C21H24ClFN2O4S/c1-20(2,3)29-19(26)25-21(12-24)17(13-5-4-6-15(23)11-13)18(21)30(27,28)16-9-7-14(22)8-10-16/h4-11,17-18H,12,24H2,1-3H3,(H,25,26)/t17-,18-,21+/m0/s1. The second kappa shape index (κ2) is 7.83. The number of alkyl carbamates (subject to hydrolysis) is 1. The number of halogens is 2. The average molecular weight is 455 g/mol. The molecule has 0 unspecified atom stereocenters. The molecule has 0 heterocycles. The highest BCUT2D eigenvalue weighted by Gasteiger charge is 2.71. The number of amides is 1. The summed E-state index contributed by atoms with van der Waals surface area (Å²) in [5.41, 5.74) is 4.29. The van der Waals surface area contributed by atoms with Crippen LogP contribution in [-0.2, 0) is 14.6 Å². The van der Waals surface area contributed by atoms with E-state index in [0.717, 1.165) is 0 Å². The number of benzene rings is 2. The number of sulfone groups is 1. The molecule has 3 rings (SSSR count). The fourth-order valence-electron chi connectivity index (χ4n) is 3.74. The van der Waals surface area contributed by atoms with Gasteiger partial charge < -0.3 is 15.8 Å². The summed E-state index contributed by atoms with van der Waals surface area (Å²) in [4.78, 5) is 12.5. The molecule has 0 radical (unpaired) electrons. The summed E-state index contributed by atoms with van der Waals surface area (Å²) in [6.45, 7) is 4.91. The van der Waals surface area contributed by atoms with Crippen LogP contribution in [0.3, 0.4) is 0 Å². The lowest BCUT2D eigenvalue weighted by molar-refractivity contribution is 0.0497. The lowest BCUT2D eigenvalue weighted by Crippen LogP contribution is -2.49. The van der Waals surface area contributed by atoms with Crippen LogP contribution in [-0.4, -0.2) is 37.4 Å². The molecule has 1 aliphatic carbocycles. The summed E-state index contributed by atoms with van der Waals surface area (Å²) in [6, 6.07) is 11.4. The molecule has 0 aromatic heterocycles. The molecule has 30 heavy (non-hydrogen) atoms. The zero-order chi connectivity index (χ0) is 22.3. The van der Waals surface area contributed by atoms with Gasteiger partial charge in [-0.3, -0.25) is 0 Å². The van der Waals surface area contributed by atoms with Crippen molar-refractivity contribution in [1.82, 2.24) is 5.32 Å². The van der Waals surface area contributed by atoms with E-state index >= 15 is 0 Å². The summed E-state index contributed by atoms with van der Waals surface area (Å²) in [5, 5.41) is 1.97. The molecular weight excluding hydrogens is 431 g/mol. The maximum Gasteiger partial charge on any atom is 0.408 e. The maximum atomic E-state index is 13.9. The summed E-state index contributed by atoms with van der Waals surface area (Å²) in [7, 11) is -3.93. The van der Waals surface area contributed by atoms with Gasteiger partial charge in [-0.2, -0.15) is 0 Å². The number of carbonyl (C=O) groups excluding carboxylic acids is 1. The predicted molar refractivity (Wildman–Crippen MR) is 113 cm³/mol. The van der Waals surface area contributed by atoms with Crippen LogP contribution < -0.4 is 11.1 Å². The molecule has 162 valence electrons. The first-order valence-electron chi connectivity index (χ1n) is 9.37. The maximum absolute atomic E-state index is 13.9. The Kier molecular flexibility index (Phi) is 5.88. The van der Waals surface area contributed by atoms with Crippen LogP contribution in [0.25, 0.3) is 0 Å². The summed E-state index contributed by atoms with van der Waals surface area (Å²) in [5.74, 6) is -1.25. The van der Waals surface area contributed by atoms with Crippen LogP contribution in [0, 0.1) is 5.82 Å². The van der Waals surface area contributed by atoms with Gasteiger partial charge in [0.2, 0.25) is 0 Å². The van der Waals surface area contributed by atoms with Crippen LogP contribution in [0.15, 0.2) is 53.4 Å². The second-order valence-electron chi connectivity index (χ2n) is 8.32. The van der Waals surface area contributed by atoms with Crippen LogP contribution in [0.1, 0.15) is 32.3 Å². The zero-order valence-electron chi connectivity index (χ0n) is 16.9. The number of carbonyl (C=O) groups is 1. The van der Waals surface area contributed by atoms with Gasteiger partial charge in [0.1, 0.15) is 16.7 Å². The van der Waals surface area contributed by atoms with E-state index < -0.39 is 44.1 Å². The SMILES string of the molecule is CC(C)(C)OC(=O)N[C@]1(CN)[C@@H](c2cccc(F)c2)[C@@H]1S(=O)(=O)c1ccc(Cl)cc1. The van der Waals surface area contributed by atoms with Crippen molar-refractivity contribution in [2.24, 2.45) is 5.73 Å². The van der Waals surface area contributed by atoms with E-state index in [-0.39, 0.29) is 11.4 Å². The van der Waals surface area contributed by atoms with Gasteiger partial charge in [-0.05, 0) is 62.7 Å². The monoisotopic (exact) mass is 454 g/mol. The Morgan fingerprint density at radius 3 is 2.40 bits per heavy atom. The Balaban J connectivity index is 2.05. The number of ether oxygens (including phenoxy) is 1. The van der Waals surface area contributed by atoms with Crippen molar-refractivity contribution in [1.29, 1.82) is 0 Å². The van der Waals surface area contributed by atoms with Crippen LogP contribution >= 0.6 is 11.6 Å². The Bertz CT molecular complexity index is 1050. The lowest BCUT2D eigenvalue weighted by atomic mass is 10.1. The topological polar surface area (TPSA) is 98.5 Å². The van der Waals surface area contributed by atoms with E-state index in [9.17, 15) is 17.6 Å². The molecule has 1 aliphatic rings. The molecule has 0 spiro atoms. The first-order chi connectivity index (χ1) is 13.9. The average Bonchev–Trinajstić information content (AvgIpc) is 3.30. The minimum Gasteiger partial charge on any atom is -0.444 e. The van der Waals surface area contributed by atoms with Crippen molar-refractivity contribution in [3.8, 4) is 0 Å². The normalized spacial score (nSPS) is 23.7. The minimum absolute atomic E-state index is 0.0413. The number of hydrogen-bond acceptors (Lipinski definition) is 5. The predicted octanol–water partition coefficient (Wildman–Crippen LogP) is 3.64. The molecule has 1 fully saturated rings. The minimum atomic E-state index is -3.93. The molecule has 3 N–H and O–H groups in total. The van der Waals surface area contributed by atoms with Crippen molar-refractivity contribution in [2.45, 2.75) is 48.0 Å².